The highest BCUT2D eigenvalue weighted by Gasteiger charge is 2.28. The Morgan fingerprint density at radius 3 is 2.32 bits per heavy atom. The van der Waals surface area contributed by atoms with E-state index >= 15 is 0 Å². The fraction of sp³-hybridized carbons (Fsp3) is 0.923. The van der Waals surface area contributed by atoms with Gasteiger partial charge in [0.25, 0.3) is 0 Å². The second-order valence-electron chi connectivity index (χ2n) is 4.80. The smallest absolute Gasteiger partial charge is 0.223 e. The van der Waals surface area contributed by atoms with Gasteiger partial charge in [-0.3, -0.25) is 4.79 Å². The Bertz CT molecular complexity index is 279. The summed E-state index contributed by atoms with van der Waals surface area (Å²) in [5.74, 6) is 0.284. The van der Waals surface area contributed by atoms with Gasteiger partial charge in [0.05, 0.1) is 17.3 Å². The van der Waals surface area contributed by atoms with Crippen LogP contribution in [0.3, 0.4) is 0 Å². The molecular formula is C13H25NO2S3. The van der Waals surface area contributed by atoms with E-state index in [1.54, 1.807) is 0 Å². The summed E-state index contributed by atoms with van der Waals surface area (Å²) in [6.07, 6.45) is 8.12. The monoisotopic (exact) mass is 323 g/mol. The maximum absolute atomic E-state index is 12.3. The summed E-state index contributed by atoms with van der Waals surface area (Å²) < 4.78 is 5.50. The lowest BCUT2D eigenvalue weighted by atomic mass is 10.1. The molecule has 1 fully saturated rings. The van der Waals surface area contributed by atoms with Crippen molar-refractivity contribution in [3.8, 4) is 0 Å². The molecule has 112 valence electrons. The third kappa shape index (κ3) is 5.78. The van der Waals surface area contributed by atoms with Crippen LogP contribution in [0.25, 0.3) is 0 Å². The van der Waals surface area contributed by atoms with Crippen LogP contribution in [0.15, 0.2) is 0 Å². The summed E-state index contributed by atoms with van der Waals surface area (Å²) in [6, 6.07) is 0. The van der Waals surface area contributed by atoms with E-state index in [-0.39, 0.29) is 9.99 Å². The lowest BCUT2D eigenvalue weighted by Crippen LogP contribution is -2.42. The predicted octanol–water partition coefficient (Wildman–Crippen LogP) is 2.80. The molecule has 0 aromatic rings. The normalized spacial score (nSPS) is 18.4. The lowest BCUT2D eigenvalue weighted by Gasteiger charge is -2.31. The van der Waals surface area contributed by atoms with Crippen molar-refractivity contribution >= 4 is 41.2 Å². The molecular weight excluding hydrogens is 298 g/mol. The lowest BCUT2D eigenvalue weighted by molar-refractivity contribution is -0.135. The Hall–Kier alpha value is 0.480. The van der Waals surface area contributed by atoms with Gasteiger partial charge in [0.15, 0.2) is 0 Å². The first-order valence-electron chi connectivity index (χ1n) is 6.53. The van der Waals surface area contributed by atoms with Gasteiger partial charge in [-0.1, -0.05) is 0 Å². The molecule has 1 heterocycles. The average Bonchev–Trinajstić information content (AvgIpc) is 2.47. The number of rotatable bonds is 7. The molecule has 0 spiro atoms. The zero-order valence-electron chi connectivity index (χ0n) is 12.3. The van der Waals surface area contributed by atoms with E-state index in [9.17, 15) is 4.79 Å². The van der Waals surface area contributed by atoms with Crippen LogP contribution in [0.2, 0.25) is 0 Å². The molecule has 19 heavy (non-hydrogen) atoms. The fourth-order valence-corrected chi connectivity index (χ4v) is 4.46. The van der Waals surface area contributed by atoms with Crippen molar-refractivity contribution in [3.05, 3.63) is 0 Å². The quantitative estimate of drug-likeness (QED) is 0.672. The van der Waals surface area contributed by atoms with E-state index in [1.165, 1.54) is 0 Å². The van der Waals surface area contributed by atoms with Crippen LogP contribution < -0.4 is 0 Å². The third-order valence-electron chi connectivity index (χ3n) is 3.56. The Morgan fingerprint density at radius 1 is 1.26 bits per heavy atom. The van der Waals surface area contributed by atoms with Crippen molar-refractivity contribution in [2.45, 2.75) is 29.1 Å². The van der Waals surface area contributed by atoms with Gasteiger partial charge in [0.2, 0.25) is 5.91 Å². The van der Waals surface area contributed by atoms with E-state index in [0.717, 1.165) is 19.5 Å². The summed E-state index contributed by atoms with van der Waals surface area (Å²) in [4.78, 5) is 14.2. The van der Waals surface area contributed by atoms with Crippen LogP contribution in [0.4, 0.5) is 0 Å². The fourth-order valence-electron chi connectivity index (χ4n) is 2.04. The highest BCUT2D eigenvalue weighted by molar-refractivity contribution is 8.17. The summed E-state index contributed by atoms with van der Waals surface area (Å²) in [5.41, 5.74) is 0. The predicted molar refractivity (Wildman–Crippen MR) is 89.4 cm³/mol. The van der Waals surface area contributed by atoms with Gasteiger partial charge in [0, 0.05) is 24.8 Å². The molecule has 0 aromatic carbocycles. The Labute approximate surface area is 130 Å². The molecule has 0 N–H and O–H groups in total. The van der Waals surface area contributed by atoms with Crippen LogP contribution in [0.1, 0.15) is 19.8 Å². The van der Waals surface area contributed by atoms with E-state index in [2.05, 4.69) is 25.7 Å². The molecule has 1 atom stereocenters. The number of carbonyl (C=O) groups excluding carboxylic acids is 1. The summed E-state index contributed by atoms with van der Waals surface area (Å²) in [7, 11) is 0. The number of morpholine rings is 1. The number of hydrogen-bond acceptors (Lipinski definition) is 5. The molecule has 1 saturated heterocycles. The molecule has 1 aliphatic rings. The van der Waals surface area contributed by atoms with E-state index in [0.29, 0.717) is 24.9 Å². The van der Waals surface area contributed by atoms with Gasteiger partial charge in [-0.2, -0.15) is 11.8 Å². The maximum Gasteiger partial charge on any atom is 0.223 e. The van der Waals surface area contributed by atoms with Crippen LogP contribution in [-0.4, -0.2) is 65.2 Å². The van der Waals surface area contributed by atoms with E-state index in [1.807, 2.05) is 40.2 Å². The molecule has 1 amide bonds. The average molecular weight is 324 g/mol. The Morgan fingerprint density at radius 2 is 1.84 bits per heavy atom. The van der Waals surface area contributed by atoms with Crippen LogP contribution >= 0.6 is 35.3 Å². The van der Waals surface area contributed by atoms with Crippen LogP contribution in [0.5, 0.6) is 0 Å². The SMILES string of the molecule is CSC(CC(=O)N1CCOCC1)CC(C)(SC)SC. The number of nitrogens with zero attached hydrogens (tertiary/aromatic N) is 1. The van der Waals surface area contributed by atoms with Crippen molar-refractivity contribution < 1.29 is 9.53 Å². The van der Waals surface area contributed by atoms with E-state index < -0.39 is 0 Å². The summed E-state index contributed by atoms with van der Waals surface area (Å²) in [6.45, 7) is 5.14. The first-order chi connectivity index (χ1) is 9.04. The van der Waals surface area contributed by atoms with Crippen molar-refractivity contribution in [1.29, 1.82) is 0 Å². The second kappa shape index (κ2) is 8.70. The number of carbonyl (C=O) groups is 1. The van der Waals surface area contributed by atoms with Crippen molar-refractivity contribution in [2.75, 3.05) is 45.1 Å². The van der Waals surface area contributed by atoms with Crippen LogP contribution in [-0.2, 0) is 9.53 Å². The van der Waals surface area contributed by atoms with Crippen molar-refractivity contribution in [1.82, 2.24) is 4.90 Å². The third-order valence-corrected chi connectivity index (χ3v) is 7.62. The molecule has 0 bridgehead atoms. The van der Waals surface area contributed by atoms with Crippen molar-refractivity contribution in [2.24, 2.45) is 0 Å². The molecule has 3 nitrogen and oxygen atoms in total. The Balaban J connectivity index is 2.48. The number of amides is 1. The first kappa shape index (κ1) is 17.5. The van der Waals surface area contributed by atoms with Gasteiger partial charge < -0.3 is 9.64 Å². The largest absolute Gasteiger partial charge is 0.378 e. The Kier molecular flexibility index (Phi) is 8.03. The molecule has 0 radical (unpaired) electrons. The molecule has 0 saturated carbocycles. The maximum atomic E-state index is 12.3. The zero-order valence-corrected chi connectivity index (χ0v) is 14.8. The van der Waals surface area contributed by atoms with Gasteiger partial charge in [-0.15, -0.1) is 23.5 Å². The summed E-state index contributed by atoms with van der Waals surface area (Å²) in [5, 5.41) is 0.403. The minimum atomic E-state index is 0.207. The molecule has 1 rings (SSSR count). The molecule has 1 aliphatic heterocycles. The topological polar surface area (TPSA) is 29.5 Å². The zero-order chi connectivity index (χ0) is 14.3. The molecule has 1 unspecified atom stereocenters. The van der Waals surface area contributed by atoms with Crippen LogP contribution in [0, 0.1) is 0 Å². The second-order valence-corrected chi connectivity index (χ2v) is 8.82. The number of hydrogen-bond donors (Lipinski definition) is 0. The van der Waals surface area contributed by atoms with E-state index in [4.69, 9.17) is 4.74 Å². The van der Waals surface area contributed by atoms with Gasteiger partial charge >= 0.3 is 0 Å². The molecule has 6 heteroatoms. The minimum Gasteiger partial charge on any atom is -0.378 e. The highest BCUT2D eigenvalue weighted by Crippen LogP contribution is 2.40. The van der Waals surface area contributed by atoms with Gasteiger partial charge in [-0.25, -0.2) is 0 Å². The molecule has 0 aromatic heterocycles. The highest BCUT2D eigenvalue weighted by atomic mass is 32.2. The summed E-state index contributed by atoms with van der Waals surface area (Å²) >= 11 is 5.58. The first-order valence-corrected chi connectivity index (χ1v) is 10.3. The number of ether oxygens (including phenoxy) is 1. The van der Waals surface area contributed by atoms with Crippen molar-refractivity contribution in [3.63, 3.8) is 0 Å². The van der Waals surface area contributed by atoms with Gasteiger partial charge in [0.1, 0.15) is 0 Å². The van der Waals surface area contributed by atoms with Gasteiger partial charge in [-0.05, 0) is 32.1 Å². The number of thioether (sulfide) groups is 3. The minimum absolute atomic E-state index is 0.207. The standard InChI is InChI=1S/C13H25NO2S3/c1-13(18-3,19-4)10-11(17-2)9-12(15)14-5-7-16-8-6-14/h11H,5-10H2,1-4H3. The molecule has 0 aliphatic carbocycles.